The van der Waals surface area contributed by atoms with Crippen molar-refractivity contribution in [1.82, 2.24) is 9.88 Å². The molecule has 1 fully saturated rings. The molecule has 2 aromatic rings. The first-order valence-electron chi connectivity index (χ1n) is 6.32. The van der Waals surface area contributed by atoms with Gasteiger partial charge in [0.05, 0.1) is 16.9 Å². The Morgan fingerprint density at radius 2 is 1.89 bits per heavy atom. The molecule has 94 valence electrons. The van der Waals surface area contributed by atoms with Crippen LogP contribution in [-0.4, -0.2) is 43.1 Å². The second-order valence-electron chi connectivity index (χ2n) is 4.86. The molecule has 0 bridgehead atoms. The number of benzene rings is 1. The Labute approximate surface area is 107 Å². The lowest BCUT2D eigenvalue weighted by Crippen LogP contribution is -2.44. The molecule has 4 nitrogen and oxygen atoms in total. The van der Waals surface area contributed by atoms with Crippen molar-refractivity contribution in [3.8, 4) is 0 Å². The molecule has 0 atom stereocenters. The third kappa shape index (κ3) is 1.88. The Morgan fingerprint density at radius 1 is 1.11 bits per heavy atom. The molecule has 2 N–H and O–H groups in total. The van der Waals surface area contributed by atoms with Gasteiger partial charge in [0.2, 0.25) is 0 Å². The highest BCUT2D eigenvalue weighted by atomic mass is 15.2. The summed E-state index contributed by atoms with van der Waals surface area (Å²) >= 11 is 0. The lowest BCUT2D eigenvalue weighted by molar-refractivity contribution is 0.313. The Morgan fingerprint density at radius 3 is 2.67 bits per heavy atom. The molecular weight excluding hydrogens is 224 g/mol. The van der Waals surface area contributed by atoms with Gasteiger partial charge in [0, 0.05) is 37.8 Å². The van der Waals surface area contributed by atoms with E-state index in [4.69, 9.17) is 5.73 Å². The maximum atomic E-state index is 6.29. The van der Waals surface area contributed by atoms with Crippen molar-refractivity contribution >= 4 is 22.3 Å². The van der Waals surface area contributed by atoms with Crippen molar-refractivity contribution in [1.29, 1.82) is 0 Å². The minimum atomic E-state index is 0.852. The van der Waals surface area contributed by atoms with Gasteiger partial charge in [0.25, 0.3) is 0 Å². The standard InChI is InChI=1S/C14H18N4/c1-17-7-9-18(10-8-17)13-5-4-12-11(14(13)15)3-2-6-16-12/h2-6H,7-10,15H2,1H3. The summed E-state index contributed by atoms with van der Waals surface area (Å²) in [6, 6.07) is 8.12. The molecule has 1 aliphatic heterocycles. The average molecular weight is 242 g/mol. The number of nitrogens with zero attached hydrogens (tertiary/aromatic N) is 3. The predicted molar refractivity (Wildman–Crippen MR) is 75.9 cm³/mol. The minimum absolute atomic E-state index is 0.852. The first-order valence-corrected chi connectivity index (χ1v) is 6.32. The number of piperazine rings is 1. The van der Waals surface area contributed by atoms with E-state index in [0.29, 0.717) is 0 Å². The molecule has 0 aliphatic carbocycles. The van der Waals surface area contributed by atoms with Crippen molar-refractivity contribution in [3.05, 3.63) is 30.5 Å². The third-order valence-corrected chi connectivity index (χ3v) is 3.65. The monoisotopic (exact) mass is 242 g/mol. The molecule has 2 heterocycles. The van der Waals surface area contributed by atoms with Crippen molar-refractivity contribution in [2.45, 2.75) is 0 Å². The summed E-state index contributed by atoms with van der Waals surface area (Å²) < 4.78 is 0. The second kappa shape index (κ2) is 4.46. The number of likely N-dealkylation sites (N-methyl/N-ethyl adjacent to an activating group) is 1. The third-order valence-electron chi connectivity index (χ3n) is 3.65. The fourth-order valence-corrected chi connectivity index (χ4v) is 2.49. The fraction of sp³-hybridized carbons (Fsp3) is 0.357. The van der Waals surface area contributed by atoms with E-state index in [2.05, 4.69) is 34.0 Å². The van der Waals surface area contributed by atoms with Crippen LogP contribution in [0.15, 0.2) is 30.5 Å². The van der Waals surface area contributed by atoms with Gasteiger partial charge >= 0.3 is 0 Å². The second-order valence-corrected chi connectivity index (χ2v) is 4.86. The van der Waals surface area contributed by atoms with Gasteiger partial charge in [-0.3, -0.25) is 4.98 Å². The largest absolute Gasteiger partial charge is 0.396 e. The van der Waals surface area contributed by atoms with Crippen LogP contribution in [0, 0.1) is 0 Å². The van der Waals surface area contributed by atoms with Gasteiger partial charge in [-0.05, 0) is 31.3 Å². The summed E-state index contributed by atoms with van der Waals surface area (Å²) in [5.74, 6) is 0. The molecule has 4 heteroatoms. The van der Waals surface area contributed by atoms with Gasteiger partial charge in [-0.2, -0.15) is 0 Å². The Hall–Kier alpha value is -1.81. The zero-order valence-corrected chi connectivity index (χ0v) is 10.6. The maximum absolute atomic E-state index is 6.29. The van der Waals surface area contributed by atoms with E-state index in [1.807, 2.05) is 12.1 Å². The highest BCUT2D eigenvalue weighted by Gasteiger charge is 2.17. The number of nitrogens with two attached hydrogens (primary N) is 1. The van der Waals surface area contributed by atoms with Crippen LogP contribution in [0.5, 0.6) is 0 Å². The summed E-state index contributed by atoms with van der Waals surface area (Å²) in [6.07, 6.45) is 1.80. The smallest absolute Gasteiger partial charge is 0.0724 e. The van der Waals surface area contributed by atoms with Gasteiger partial charge in [-0.25, -0.2) is 0 Å². The van der Waals surface area contributed by atoms with Crippen LogP contribution >= 0.6 is 0 Å². The van der Waals surface area contributed by atoms with Crippen LogP contribution < -0.4 is 10.6 Å². The SMILES string of the molecule is CN1CCN(c2ccc3ncccc3c2N)CC1. The molecule has 0 unspecified atom stereocenters. The summed E-state index contributed by atoms with van der Waals surface area (Å²) in [7, 11) is 2.16. The Balaban J connectivity index is 1.99. The van der Waals surface area contributed by atoms with E-state index in [1.54, 1.807) is 6.20 Å². The summed E-state index contributed by atoms with van der Waals surface area (Å²) in [5.41, 5.74) is 9.25. The molecule has 1 saturated heterocycles. The zero-order valence-electron chi connectivity index (χ0n) is 10.6. The van der Waals surface area contributed by atoms with Gasteiger partial charge < -0.3 is 15.5 Å². The van der Waals surface area contributed by atoms with Crippen molar-refractivity contribution in [2.75, 3.05) is 43.9 Å². The van der Waals surface area contributed by atoms with Crippen molar-refractivity contribution in [2.24, 2.45) is 0 Å². The number of rotatable bonds is 1. The number of aromatic nitrogens is 1. The van der Waals surface area contributed by atoms with E-state index in [-0.39, 0.29) is 0 Å². The van der Waals surface area contributed by atoms with Crippen LogP contribution in [0.2, 0.25) is 0 Å². The van der Waals surface area contributed by atoms with Crippen LogP contribution in [-0.2, 0) is 0 Å². The van der Waals surface area contributed by atoms with E-state index in [1.165, 1.54) is 0 Å². The van der Waals surface area contributed by atoms with Crippen molar-refractivity contribution in [3.63, 3.8) is 0 Å². The number of anilines is 2. The molecule has 0 saturated carbocycles. The molecular formula is C14H18N4. The van der Waals surface area contributed by atoms with E-state index >= 15 is 0 Å². The quantitative estimate of drug-likeness (QED) is 0.771. The summed E-state index contributed by atoms with van der Waals surface area (Å²) in [4.78, 5) is 9.04. The topological polar surface area (TPSA) is 45.4 Å². The normalized spacial score (nSPS) is 17.3. The molecule has 1 aromatic heterocycles. The molecule has 18 heavy (non-hydrogen) atoms. The Bertz CT molecular complexity index is 559. The van der Waals surface area contributed by atoms with E-state index < -0.39 is 0 Å². The predicted octanol–water partition coefficient (Wildman–Crippen LogP) is 1.57. The lowest BCUT2D eigenvalue weighted by atomic mass is 10.1. The number of hydrogen-bond donors (Lipinski definition) is 1. The molecule has 1 aliphatic rings. The number of nitrogen functional groups attached to an aromatic ring is 1. The minimum Gasteiger partial charge on any atom is -0.396 e. The van der Waals surface area contributed by atoms with Crippen LogP contribution in [0.25, 0.3) is 10.9 Å². The lowest BCUT2D eigenvalue weighted by Gasteiger charge is -2.34. The molecule has 0 amide bonds. The van der Waals surface area contributed by atoms with Crippen LogP contribution in [0.3, 0.4) is 0 Å². The first-order chi connectivity index (χ1) is 8.75. The Kier molecular flexibility index (Phi) is 2.80. The summed E-state index contributed by atoms with van der Waals surface area (Å²) in [6.45, 7) is 4.24. The number of fused-ring (bicyclic) bond motifs is 1. The highest BCUT2D eigenvalue weighted by Crippen LogP contribution is 2.30. The molecule has 3 rings (SSSR count). The maximum Gasteiger partial charge on any atom is 0.0724 e. The van der Waals surface area contributed by atoms with Gasteiger partial charge in [-0.1, -0.05) is 0 Å². The van der Waals surface area contributed by atoms with E-state index in [0.717, 1.165) is 48.5 Å². The van der Waals surface area contributed by atoms with Gasteiger partial charge in [-0.15, -0.1) is 0 Å². The van der Waals surface area contributed by atoms with Crippen LogP contribution in [0.1, 0.15) is 0 Å². The molecule has 1 aromatic carbocycles. The summed E-state index contributed by atoms with van der Waals surface area (Å²) in [5, 5.41) is 1.05. The van der Waals surface area contributed by atoms with Crippen LogP contribution in [0.4, 0.5) is 11.4 Å². The average Bonchev–Trinajstić information content (AvgIpc) is 2.41. The molecule has 0 spiro atoms. The van der Waals surface area contributed by atoms with Crippen molar-refractivity contribution < 1.29 is 0 Å². The first kappa shape index (κ1) is 11.3. The molecule has 0 radical (unpaired) electrons. The zero-order chi connectivity index (χ0) is 12.5. The van der Waals surface area contributed by atoms with Gasteiger partial charge in [0.15, 0.2) is 0 Å². The fourth-order valence-electron chi connectivity index (χ4n) is 2.49. The van der Waals surface area contributed by atoms with E-state index in [9.17, 15) is 0 Å². The highest BCUT2D eigenvalue weighted by molar-refractivity contribution is 5.97. The number of hydrogen-bond acceptors (Lipinski definition) is 4. The van der Waals surface area contributed by atoms with Gasteiger partial charge in [0.1, 0.15) is 0 Å². The number of pyridine rings is 1.